The highest BCUT2D eigenvalue weighted by Gasteiger charge is 2.14. The first kappa shape index (κ1) is 13.7. The zero-order valence-electron chi connectivity index (χ0n) is 6.35. The standard InChI is InChI=1S/C4H11NO4S.ClH/c1-3-5(4-9-2)10(6,7)8;/h3-4H2,1-2H3,(H,6,7,8);1H. The maximum absolute atomic E-state index is 10.4. The fourth-order valence-electron chi connectivity index (χ4n) is 0.465. The average molecular weight is 206 g/mol. The highest BCUT2D eigenvalue weighted by atomic mass is 35.5. The van der Waals surface area contributed by atoms with Crippen molar-refractivity contribution in [2.45, 2.75) is 6.92 Å². The van der Waals surface area contributed by atoms with Crippen LogP contribution in [0.3, 0.4) is 0 Å². The van der Waals surface area contributed by atoms with Crippen LogP contribution in [0.15, 0.2) is 0 Å². The van der Waals surface area contributed by atoms with Crippen molar-refractivity contribution in [3.63, 3.8) is 0 Å². The Morgan fingerprint density at radius 2 is 2.00 bits per heavy atom. The van der Waals surface area contributed by atoms with Gasteiger partial charge in [-0.1, -0.05) is 6.92 Å². The van der Waals surface area contributed by atoms with Crippen molar-refractivity contribution in [3.8, 4) is 0 Å². The number of nitrogens with zero attached hydrogens (tertiary/aromatic N) is 1. The van der Waals surface area contributed by atoms with Crippen molar-refractivity contribution in [1.82, 2.24) is 4.31 Å². The average Bonchev–Trinajstić information content (AvgIpc) is 1.80. The van der Waals surface area contributed by atoms with Crippen LogP contribution < -0.4 is 0 Å². The van der Waals surface area contributed by atoms with Crippen LogP contribution in [0.25, 0.3) is 0 Å². The number of rotatable bonds is 4. The first-order valence-corrected chi connectivity index (χ1v) is 4.13. The fourth-order valence-corrected chi connectivity index (χ4v) is 1.03. The number of methoxy groups -OCH3 is 1. The van der Waals surface area contributed by atoms with Crippen molar-refractivity contribution in [1.29, 1.82) is 0 Å². The molecule has 0 saturated heterocycles. The second-order valence-corrected chi connectivity index (χ2v) is 3.08. The van der Waals surface area contributed by atoms with E-state index >= 15 is 0 Å². The van der Waals surface area contributed by atoms with Crippen molar-refractivity contribution in [3.05, 3.63) is 0 Å². The summed E-state index contributed by atoms with van der Waals surface area (Å²) in [5.74, 6) is 0. The van der Waals surface area contributed by atoms with Gasteiger partial charge >= 0.3 is 10.3 Å². The molecule has 0 aliphatic carbocycles. The van der Waals surface area contributed by atoms with Crippen LogP contribution in [0.4, 0.5) is 0 Å². The Bertz CT molecular complexity index is 181. The maximum atomic E-state index is 10.4. The summed E-state index contributed by atoms with van der Waals surface area (Å²) in [7, 11) is -2.71. The molecule has 0 saturated carbocycles. The highest BCUT2D eigenvalue weighted by molar-refractivity contribution is 7.83. The lowest BCUT2D eigenvalue weighted by Gasteiger charge is -2.13. The van der Waals surface area contributed by atoms with E-state index in [-0.39, 0.29) is 25.7 Å². The smallest absolute Gasteiger partial charge is 0.337 e. The molecule has 11 heavy (non-hydrogen) atoms. The molecule has 0 aromatic rings. The normalized spacial score (nSPS) is 11.3. The van der Waals surface area contributed by atoms with E-state index in [1.54, 1.807) is 6.92 Å². The summed E-state index contributed by atoms with van der Waals surface area (Å²) in [5.41, 5.74) is 0. The van der Waals surface area contributed by atoms with Gasteiger partial charge in [-0.2, -0.15) is 12.7 Å². The van der Waals surface area contributed by atoms with Gasteiger partial charge in [-0.15, -0.1) is 12.4 Å². The lowest BCUT2D eigenvalue weighted by atomic mass is 10.8. The molecule has 0 spiro atoms. The van der Waals surface area contributed by atoms with Crippen LogP contribution in [0.2, 0.25) is 0 Å². The SMILES string of the molecule is CCN(COC)S(=O)(=O)O.Cl. The van der Waals surface area contributed by atoms with Gasteiger partial charge in [-0.3, -0.25) is 4.55 Å². The fraction of sp³-hybridized carbons (Fsp3) is 1.00. The van der Waals surface area contributed by atoms with Crippen LogP contribution in [0.5, 0.6) is 0 Å². The van der Waals surface area contributed by atoms with E-state index in [0.717, 1.165) is 4.31 Å². The molecule has 0 unspecified atom stereocenters. The van der Waals surface area contributed by atoms with Gasteiger partial charge in [-0.25, -0.2) is 0 Å². The Morgan fingerprint density at radius 3 is 2.09 bits per heavy atom. The molecule has 0 aromatic heterocycles. The monoisotopic (exact) mass is 205 g/mol. The molecule has 0 amide bonds. The molecule has 1 N–H and O–H groups in total. The second-order valence-electron chi connectivity index (χ2n) is 1.66. The summed E-state index contributed by atoms with van der Waals surface area (Å²) >= 11 is 0. The predicted molar refractivity (Wildman–Crippen MR) is 43.1 cm³/mol. The molecule has 7 heteroatoms. The largest absolute Gasteiger partial charge is 0.368 e. The molecule has 0 radical (unpaired) electrons. The third kappa shape index (κ3) is 5.40. The molecule has 0 aromatic carbocycles. The number of hydrogen-bond donors (Lipinski definition) is 1. The summed E-state index contributed by atoms with van der Waals surface area (Å²) < 4.78 is 34.4. The highest BCUT2D eigenvalue weighted by Crippen LogP contribution is 1.94. The van der Waals surface area contributed by atoms with Crippen LogP contribution in [0.1, 0.15) is 6.92 Å². The Balaban J connectivity index is 0. The Labute approximate surface area is 72.6 Å². The molecule has 0 bridgehead atoms. The van der Waals surface area contributed by atoms with E-state index in [2.05, 4.69) is 4.74 Å². The van der Waals surface area contributed by atoms with E-state index in [9.17, 15) is 8.42 Å². The third-order valence-corrected chi connectivity index (χ3v) is 1.97. The minimum absolute atomic E-state index is 0. The molecule has 0 aliphatic rings. The zero-order chi connectivity index (χ0) is 8.20. The van der Waals surface area contributed by atoms with Crippen LogP contribution in [-0.2, 0) is 15.0 Å². The Hall–Kier alpha value is 0.120. The molecule has 0 fully saturated rings. The van der Waals surface area contributed by atoms with Gasteiger partial charge in [0.1, 0.15) is 6.73 Å². The maximum Gasteiger partial charge on any atom is 0.337 e. The first-order chi connectivity index (χ1) is 4.52. The van der Waals surface area contributed by atoms with Crippen LogP contribution in [0, 0.1) is 0 Å². The van der Waals surface area contributed by atoms with Crippen molar-refractivity contribution in [2.24, 2.45) is 0 Å². The van der Waals surface area contributed by atoms with Crippen LogP contribution in [-0.4, -0.2) is 37.7 Å². The molecule has 5 nitrogen and oxygen atoms in total. The Morgan fingerprint density at radius 1 is 1.55 bits per heavy atom. The molecule has 0 aliphatic heterocycles. The quantitative estimate of drug-likeness (QED) is 0.524. The predicted octanol–water partition coefficient (Wildman–Crippen LogP) is 0.137. The second kappa shape index (κ2) is 5.73. The van der Waals surface area contributed by atoms with E-state index in [1.165, 1.54) is 7.11 Å². The van der Waals surface area contributed by atoms with E-state index < -0.39 is 10.3 Å². The zero-order valence-corrected chi connectivity index (χ0v) is 7.98. The Kier molecular flexibility index (Phi) is 7.13. The molecule has 70 valence electrons. The van der Waals surface area contributed by atoms with Crippen LogP contribution >= 0.6 is 12.4 Å². The van der Waals surface area contributed by atoms with Gasteiger partial charge < -0.3 is 4.74 Å². The van der Waals surface area contributed by atoms with Crippen molar-refractivity contribution in [2.75, 3.05) is 20.4 Å². The topological polar surface area (TPSA) is 66.8 Å². The summed E-state index contributed by atoms with van der Waals surface area (Å²) in [5, 5.41) is 0. The van der Waals surface area contributed by atoms with Gasteiger partial charge in [0, 0.05) is 13.7 Å². The number of ether oxygens (including phenoxy) is 1. The van der Waals surface area contributed by atoms with Gasteiger partial charge in [0.2, 0.25) is 0 Å². The molecule has 0 rings (SSSR count). The minimum Gasteiger partial charge on any atom is -0.368 e. The molecular formula is C4H12ClNO4S. The minimum atomic E-state index is -4.07. The summed E-state index contributed by atoms with van der Waals surface area (Å²) in [6, 6.07) is 0. The summed E-state index contributed by atoms with van der Waals surface area (Å²) in [6.07, 6.45) is 0. The van der Waals surface area contributed by atoms with E-state index in [0.29, 0.717) is 0 Å². The summed E-state index contributed by atoms with van der Waals surface area (Å²) in [4.78, 5) is 0. The van der Waals surface area contributed by atoms with Gasteiger partial charge in [0.15, 0.2) is 0 Å². The van der Waals surface area contributed by atoms with E-state index in [1.807, 2.05) is 0 Å². The molecule has 0 atom stereocenters. The summed E-state index contributed by atoms with van der Waals surface area (Å²) in [6.45, 7) is 1.69. The van der Waals surface area contributed by atoms with E-state index in [4.69, 9.17) is 4.55 Å². The number of hydrogen-bond acceptors (Lipinski definition) is 3. The lowest BCUT2D eigenvalue weighted by Crippen LogP contribution is -2.31. The lowest BCUT2D eigenvalue weighted by molar-refractivity contribution is 0.114. The molecular weight excluding hydrogens is 194 g/mol. The van der Waals surface area contributed by atoms with Crippen molar-refractivity contribution >= 4 is 22.7 Å². The van der Waals surface area contributed by atoms with Gasteiger partial charge in [0.25, 0.3) is 0 Å². The molecule has 0 heterocycles. The first-order valence-electron chi connectivity index (χ1n) is 2.73. The number of halogens is 1. The van der Waals surface area contributed by atoms with Crippen molar-refractivity contribution < 1.29 is 17.7 Å². The van der Waals surface area contributed by atoms with Gasteiger partial charge in [-0.05, 0) is 0 Å². The third-order valence-electron chi connectivity index (χ3n) is 0.952. The van der Waals surface area contributed by atoms with Gasteiger partial charge in [0.05, 0.1) is 0 Å².